The maximum absolute atomic E-state index is 5.42. The lowest BCUT2D eigenvalue weighted by Crippen LogP contribution is -2.07. The number of nitrogens with zero attached hydrogens (tertiary/aromatic N) is 1. The zero-order chi connectivity index (χ0) is 11.6. The summed E-state index contributed by atoms with van der Waals surface area (Å²) in [7, 11) is 1.92. The highest BCUT2D eigenvalue weighted by Crippen LogP contribution is 2.01. The van der Waals surface area contributed by atoms with Gasteiger partial charge in [-0.05, 0) is 25.6 Å². The van der Waals surface area contributed by atoms with E-state index in [-0.39, 0.29) is 0 Å². The van der Waals surface area contributed by atoms with Crippen molar-refractivity contribution < 1.29 is 9.47 Å². The summed E-state index contributed by atoms with van der Waals surface area (Å²) >= 11 is 0. The molecule has 16 heavy (non-hydrogen) atoms. The Kier molecular flexibility index (Phi) is 6.72. The van der Waals surface area contributed by atoms with E-state index in [1.165, 1.54) is 5.56 Å². The Hall–Kier alpha value is -0.970. The van der Waals surface area contributed by atoms with Crippen LogP contribution >= 0.6 is 0 Å². The van der Waals surface area contributed by atoms with Crippen molar-refractivity contribution >= 4 is 0 Å². The average Bonchev–Trinajstić information content (AvgIpc) is 2.31. The third kappa shape index (κ3) is 5.21. The van der Waals surface area contributed by atoms with E-state index in [9.17, 15) is 0 Å². The van der Waals surface area contributed by atoms with Gasteiger partial charge in [0.15, 0.2) is 0 Å². The first-order valence-corrected chi connectivity index (χ1v) is 5.60. The predicted molar refractivity (Wildman–Crippen MR) is 63.1 cm³/mol. The maximum atomic E-state index is 5.42. The van der Waals surface area contributed by atoms with Crippen LogP contribution in [0.3, 0.4) is 0 Å². The first kappa shape index (κ1) is 13.1. The second-order valence-corrected chi connectivity index (χ2v) is 3.44. The molecule has 0 atom stereocenters. The zero-order valence-electron chi connectivity index (χ0n) is 10.0. The van der Waals surface area contributed by atoms with Gasteiger partial charge in [-0.25, -0.2) is 0 Å². The second-order valence-electron chi connectivity index (χ2n) is 3.44. The fourth-order valence-electron chi connectivity index (χ4n) is 1.29. The van der Waals surface area contributed by atoms with E-state index in [0.29, 0.717) is 19.8 Å². The van der Waals surface area contributed by atoms with Gasteiger partial charge in [-0.2, -0.15) is 0 Å². The molecule has 0 unspecified atom stereocenters. The highest BCUT2D eigenvalue weighted by atomic mass is 16.5. The van der Waals surface area contributed by atoms with Crippen LogP contribution in [-0.2, 0) is 22.6 Å². The maximum Gasteiger partial charge on any atom is 0.0889 e. The number of aromatic nitrogens is 1. The summed E-state index contributed by atoms with van der Waals surface area (Å²) in [6, 6.07) is 4.05. The molecule has 1 aromatic heterocycles. The monoisotopic (exact) mass is 224 g/mol. The Morgan fingerprint density at radius 3 is 2.69 bits per heavy atom. The summed E-state index contributed by atoms with van der Waals surface area (Å²) in [5, 5.41) is 3.08. The Labute approximate surface area is 97.0 Å². The summed E-state index contributed by atoms with van der Waals surface area (Å²) in [6.07, 6.45) is 1.87. The highest BCUT2D eigenvalue weighted by Gasteiger charge is 1.96. The fourth-order valence-corrected chi connectivity index (χ4v) is 1.29. The van der Waals surface area contributed by atoms with Crippen molar-refractivity contribution in [3.63, 3.8) is 0 Å². The predicted octanol–water partition coefficient (Wildman–Crippen LogP) is 1.35. The topological polar surface area (TPSA) is 43.4 Å². The van der Waals surface area contributed by atoms with Crippen LogP contribution in [0.1, 0.15) is 18.2 Å². The molecule has 0 radical (unpaired) electrons. The van der Waals surface area contributed by atoms with Crippen molar-refractivity contribution in [3.8, 4) is 0 Å². The number of hydrogen-bond acceptors (Lipinski definition) is 4. The van der Waals surface area contributed by atoms with E-state index >= 15 is 0 Å². The fraction of sp³-hybridized carbons (Fsp3) is 0.583. The molecule has 0 spiro atoms. The third-order valence-corrected chi connectivity index (χ3v) is 2.09. The lowest BCUT2D eigenvalue weighted by Gasteiger charge is -2.05. The highest BCUT2D eigenvalue weighted by molar-refractivity contribution is 5.13. The molecule has 4 nitrogen and oxygen atoms in total. The smallest absolute Gasteiger partial charge is 0.0889 e. The molecule has 0 aliphatic heterocycles. The first-order chi connectivity index (χ1) is 7.86. The van der Waals surface area contributed by atoms with Crippen LogP contribution in [-0.4, -0.2) is 31.9 Å². The minimum atomic E-state index is 0.549. The summed E-state index contributed by atoms with van der Waals surface area (Å²) in [6.45, 7) is 5.37. The molecular weight excluding hydrogens is 204 g/mol. The molecule has 90 valence electrons. The Morgan fingerprint density at radius 2 is 2.06 bits per heavy atom. The van der Waals surface area contributed by atoms with Crippen LogP contribution in [0.2, 0.25) is 0 Å². The van der Waals surface area contributed by atoms with Gasteiger partial charge in [-0.3, -0.25) is 4.98 Å². The lowest BCUT2D eigenvalue weighted by atomic mass is 10.2. The molecular formula is C12H20N2O2. The molecule has 1 aromatic rings. The molecule has 4 heteroatoms. The summed E-state index contributed by atoms with van der Waals surface area (Å²) in [5.41, 5.74) is 2.14. The number of nitrogens with one attached hydrogen (secondary N) is 1. The number of pyridine rings is 1. The Morgan fingerprint density at radius 1 is 1.25 bits per heavy atom. The van der Waals surface area contributed by atoms with E-state index in [0.717, 1.165) is 18.8 Å². The van der Waals surface area contributed by atoms with Gasteiger partial charge in [0.25, 0.3) is 0 Å². The van der Waals surface area contributed by atoms with Gasteiger partial charge in [0.2, 0.25) is 0 Å². The van der Waals surface area contributed by atoms with Crippen LogP contribution in [0.15, 0.2) is 18.3 Å². The molecule has 0 amide bonds. The quantitative estimate of drug-likeness (QED) is 0.677. The van der Waals surface area contributed by atoms with Crippen molar-refractivity contribution in [2.24, 2.45) is 0 Å². The van der Waals surface area contributed by atoms with E-state index < -0.39 is 0 Å². The van der Waals surface area contributed by atoms with Crippen molar-refractivity contribution in [2.45, 2.75) is 20.1 Å². The van der Waals surface area contributed by atoms with E-state index in [4.69, 9.17) is 9.47 Å². The molecule has 0 aliphatic rings. The van der Waals surface area contributed by atoms with Crippen LogP contribution in [0, 0.1) is 0 Å². The number of hydrogen-bond donors (Lipinski definition) is 1. The summed E-state index contributed by atoms with van der Waals surface area (Å²) in [5.74, 6) is 0. The van der Waals surface area contributed by atoms with E-state index in [2.05, 4.69) is 16.4 Å². The molecule has 1 rings (SSSR count). The number of ether oxygens (including phenoxy) is 2. The van der Waals surface area contributed by atoms with Crippen molar-refractivity contribution in [1.82, 2.24) is 10.3 Å². The Balaban J connectivity index is 2.21. The molecule has 0 saturated carbocycles. The summed E-state index contributed by atoms with van der Waals surface area (Å²) < 4.78 is 10.6. The normalized spacial score (nSPS) is 10.6. The van der Waals surface area contributed by atoms with Crippen molar-refractivity contribution in [2.75, 3.05) is 26.9 Å². The third-order valence-electron chi connectivity index (χ3n) is 2.09. The molecule has 0 saturated heterocycles. The van der Waals surface area contributed by atoms with E-state index in [1.807, 2.05) is 26.2 Å². The zero-order valence-corrected chi connectivity index (χ0v) is 10.0. The number of rotatable bonds is 8. The van der Waals surface area contributed by atoms with Gasteiger partial charge < -0.3 is 14.8 Å². The van der Waals surface area contributed by atoms with Crippen LogP contribution in [0.4, 0.5) is 0 Å². The molecule has 0 aromatic carbocycles. The van der Waals surface area contributed by atoms with Gasteiger partial charge in [0, 0.05) is 19.3 Å². The van der Waals surface area contributed by atoms with Gasteiger partial charge in [-0.15, -0.1) is 0 Å². The van der Waals surface area contributed by atoms with Gasteiger partial charge in [-0.1, -0.05) is 6.07 Å². The van der Waals surface area contributed by atoms with Crippen molar-refractivity contribution in [1.29, 1.82) is 0 Å². The minimum absolute atomic E-state index is 0.549. The average molecular weight is 224 g/mol. The van der Waals surface area contributed by atoms with Crippen molar-refractivity contribution in [3.05, 3.63) is 29.6 Å². The lowest BCUT2D eigenvalue weighted by molar-refractivity contribution is 0.0441. The van der Waals surface area contributed by atoms with Gasteiger partial charge in [0.1, 0.15) is 0 Å². The van der Waals surface area contributed by atoms with Gasteiger partial charge in [0.05, 0.1) is 25.5 Å². The largest absolute Gasteiger partial charge is 0.379 e. The van der Waals surface area contributed by atoms with Gasteiger partial charge >= 0.3 is 0 Å². The molecule has 1 N–H and O–H groups in total. The second kappa shape index (κ2) is 8.21. The first-order valence-electron chi connectivity index (χ1n) is 5.60. The molecule has 0 aliphatic carbocycles. The van der Waals surface area contributed by atoms with Crippen LogP contribution < -0.4 is 5.32 Å². The summed E-state index contributed by atoms with van der Waals surface area (Å²) in [4.78, 5) is 4.31. The molecule has 1 heterocycles. The van der Waals surface area contributed by atoms with Crippen LogP contribution in [0.25, 0.3) is 0 Å². The standard InChI is InChI=1S/C12H20N2O2/c1-3-15-6-7-16-10-12-5-4-11(8-13-2)9-14-12/h4-5,9,13H,3,6-8,10H2,1-2H3. The minimum Gasteiger partial charge on any atom is -0.379 e. The SMILES string of the molecule is CCOCCOCc1ccc(CNC)cn1. The van der Waals surface area contributed by atoms with Crippen LogP contribution in [0.5, 0.6) is 0 Å². The molecule has 0 fully saturated rings. The van der Waals surface area contributed by atoms with E-state index in [1.54, 1.807) is 0 Å². The molecule has 0 bridgehead atoms. The Bertz CT molecular complexity index is 275.